The predicted octanol–water partition coefficient (Wildman–Crippen LogP) is 1.74. The lowest BCUT2D eigenvalue weighted by atomic mass is 10.1. The molecular weight excluding hydrogens is 244 g/mol. The third kappa shape index (κ3) is 4.06. The van der Waals surface area contributed by atoms with Gasteiger partial charge in [0.25, 0.3) is 0 Å². The molecule has 2 N–H and O–H groups in total. The fourth-order valence-electron chi connectivity index (χ4n) is 1.90. The summed E-state index contributed by atoms with van der Waals surface area (Å²) in [6, 6.07) is 6.57. The molecule has 0 aliphatic rings. The lowest BCUT2D eigenvalue weighted by molar-refractivity contribution is -0.118. The maximum Gasteiger partial charge on any atom is 0.337 e. The zero-order valence-corrected chi connectivity index (χ0v) is 11.5. The molecule has 1 rings (SSSR count). The van der Waals surface area contributed by atoms with Gasteiger partial charge < -0.3 is 15.3 Å². The van der Waals surface area contributed by atoms with Crippen molar-refractivity contribution in [3.05, 3.63) is 29.8 Å². The van der Waals surface area contributed by atoms with E-state index in [1.54, 1.807) is 25.2 Å². The van der Waals surface area contributed by atoms with Crippen LogP contribution in [0.4, 0.5) is 5.69 Å². The Morgan fingerprint density at radius 3 is 2.58 bits per heavy atom. The van der Waals surface area contributed by atoms with Gasteiger partial charge >= 0.3 is 5.97 Å². The van der Waals surface area contributed by atoms with Crippen molar-refractivity contribution in [2.24, 2.45) is 0 Å². The van der Waals surface area contributed by atoms with Crippen LogP contribution in [0.25, 0.3) is 0 Å². The first-order valence-corrected chi connectivity index (χ1v) is 6.29. The summed E-state index contributed by atoms with van der Waals surface area (Å²) in [4.78, 5) is 24.6. The number of benzene rings is 1. The Balaban J connectivity index is 2.85. The first kappa shape index (κ1) is 15.2. The molecule has 1 atom stereocenters. The van der Waals surface area contributed by atoms with Gasteiger partial charge in [-0.15, -0.1) is 0 Å². The van der Waals surface area contributed by atoms with E-state index < -0.39 is 5.97 Å². The van der Waals surface area contributed by atoms with Gasteiger partial charge in [0, 0.05) is 19.5 Å². The van der Waals surface area contributed by atoms with Crippen LogP contribution in [0.2, 0.25) is 0 Å². The van der Waals surface area contributed by atoms with E-state index >= 15 is 0 Å². The van der Waals surface area contributed by atoms with Gasteiger partial charge in [-0.1, -0.05) is 19.1 Å². The summed E-state index contributed by atoms with van der Waals surface area (Å²) in [6.45, 7) is 4.70. The standard InChI is InChI=1S/C14H20N2O3/c1-4-15-10(2)9-13(17)16(3)12-8-6-5-7-11(12)14(18)19/h5-8,10,15H,4,9H2,1-3H3,(H,18,19). The highest BCUT2D eigenvalue weighted by Gasteiger charge is 2.19. The summed E-state index contributed by atoms with van der Waals surface area (Å²) >= 11 is 0. The molecule has 0 aromatic heterocycles. The van der Waals surface area contributed by atoms with Crippen LogP contribution in [0.5, 0.6) is 0 Å². The Morgan fingerprint density at radius 1 is 1.37 bits per heavy atom. The number of hydrogen-bond donors (Lipinski definition) is 2. The number of rotatable bonds is 6. The van der Waals surface area contributed by atoms with Crippen LogP contribution in [0.1, 0.15) is 30.6 Å². The van der Waals surface area contributed by atoms with Crippen LogP contribution >= 0.6 is 0 Å². The SMILES string of the molecule is CCNC(C)CC(=O)N(C)c1ccccc1C(=O)O. The molecule has 1 aromatic carbocycles. The number of carboxylic acid groups (broad SMARTS) is 1. The molecule has 0 saturated heterocycles. The number of amides is 1. The number of nitrogens with one attached hydrogen (secondary N) is 1. The molecule has 19 heavy (non-hydrogen) atoms. The molecular formula is C14H20N2O3. The van der Waals surface area contributed by atoms with E-state index in [-0.39, 0.29) is 17.5 Å². The van der Waals surface area contributed by atoms with Crippen molar-refractivity contribution in [1.82, 2.24) is 5.32 Å². The smallest absolute Gasteiger partial charge is 0.337 e. The maximum absolute atomic E-state index is 12.1. The second-order valence-corrected chi connectivity index (χ2v) is 4.44. The molecule has 5 nitrogen and oxygen atoms in total. The molecule has 0 bridgehead atoms. The Morgan fingerprint density at radius 2 is 2.00 bits per heavy atom. The number of carboxylic acids is 1. The maximum atomic E-state index is 12.1. The highest BCUT2D eigenvalue weighted by molar-refractivity contribution is 6.01. The number of nitrogens with zero attached hydrogens (tertiary/aromatic N) is 1. The lowest BCUT2D eigenvalue weighted by Gasteiger charge is -2.21. The van der Waals surface area contributed by atoms with Crippen LogP contribution in [0, 0.1) is 0 Å². The summed E-state index contributed by atoms with van der Waals surface area (Å²) < 4.78 is 0. The lowest BCUT2D eigenvalue weighted by Crippen LogP contribution is -2.35. The van der Waals surface area contributed by atoms with Gasteiger partial charge in [-0.05, 0) is 25.6 Å². The van der Waals surface area contributed by atoms with Crippen molar-refractivity contribution in [2.45, 2.75) is 26.3 Å². The average Bonchev–Trinajstić information content (AvgIpc) is 2.37. The normalized spacial score (nSPS) is 11.9. The van der Waals surface area contributed by atoms with Crippen molar-refractivity contribution in [2.75, 3.05) is 18.5 Å². The summed E-state index contributed by atoms with van der Waals surface area (Å²) in [5.74, 6) is -1.14. The number of para-hydroxylation sites is 1. The van der Waals surface area contributed by atoms with Gasteiger partial charge in [-0.25, -0.2) is 4.79 Å². The third-order valence-corrected chi connectivity index (χ3v) is 2.90. The second-order valence-electron chi connectivity index (χ2n) is 4.44. The zero-order valence-electron chi connectivity index (χ0n) is 11.5. The minimum atomic E-state index is -1.03. The number of carbonyl (C=O) groups is 2. The Kier molecular flexibility index (Phi) is 5.51. The van der Waals surface area contributed by atoms with Gasteiger partial charge in [0.2, 0.25) is 5.91 Å². The number of hydrogen-bond acceptors (Lipinski definition) is 3. The molecule has 0 saturated carbocycles. The van der Waals surface area contributed by atoms with Crippen molar-refractivity contribution >= 4 is 17.6 Å². The Hall–Kier alpha value is -1.88. The number of aromatic carboxylic acids is 1. The van der Waals surface area contributed by atoms with E-state index in [0.717, 1.165) is 6.54 Å². The van der Waals surface area contributed by atoms with E-state index in [9.17, 15) is 9.59 Å². The van der Waals surface area contributed by atoms with Gasteiger partial charge in [-0.3, -0.25) is 4.79 Å². The molecule has 5 heteroatoms. The molecule has 0 radical (unpaired) electrons. The van der Waals surface area contributed by atoms with E-state index in [0.29, 0.717) is 12.1 Å². The Labute approximate surface area is 113 Å². The molecule has 104 valence electrons. The monoisotopic (exact) mass is 264 g/mol. The van der Waals surface area contributed by atoms with E-state index in [1.165, 1.54) is 11.0 Å². The Bertz CT molecular complexity index is 460. The molecule has 0 aliphatic carbocycles. The topological polar surface area (TPSA) is 69.6 Å². The largest absolute Gasteiger partial charge is 0.478 e. The molecule has 0 spiro atoms. The van der Waals surface area contributed by atoms with Crippen molar-refractivity contribution in [1.29, 1.82) is 0 Å². The third-order valence-electron chi connectivity index (χ3n) is 2.90. The van der Waals surface area contributed by atoms with Gasteiger partial charge in [0.15, 0.2) is 0 Å². The summed E-state index contributed by atoms with van der Waals surface area (Å²) in [5.41, 5.74) is 0.554. The number of anilines is 1. The fourth-order valence-corrected chi connectivity index (χ4v) is 1.90. The zero-order chi connectivity index (χ0) is 14.4. The summed E-state index contributed by atoms with van der Waals surface area (Å²) in [5, 5.41) is 12.3. The fraction of sp³-hybridized carbons (Fsp3) is 0.429. The van der Waals surface area contributed by atoms with E-state index in [2.05, 4.69) is 5.32 Å². The highest BCUT2D eigenvalue weighted by Crippen LogP contribution is 2.20. The van der Waals surface area contributed by atoms with Gasteiger partial charge in [-0.2, -0.15) is 0 Å². The molecule has 1 unspecified atom stereocenters. The highest BCUT2D eigenvalue weighted by atomic mass is 16.4. The van der Waals surface area contributed by atoms with Crippen molar-refractivity contribution in [3.63, 3.8) is 0 Å². The molecule has 1 aromatic rings. The molecule has 1 amide bonds. The quantitative estimate of drug-likeness (QED) is 0.821. The first-order valence-electron chi connectivity index (χ1n) is 6.29. The molecule has 0 heterocycles. The van der Waals surface area contributed by atoms with Gasteiger partial charge in [0.1, 0.15) is 0 Å². The minimum Gasteiger partial charge on any atom is -0.478 e. The van der Waals surface area contributed by atoms with Crippen molar-refractivity contribution in [3.8, 4) is 0 Å². The van der Waals surface area contributed by atoms with Crippen LogP contribution in [-0.4, -0.2) is 36.6 Å². The molecule has 0 fully saturated rings. The van der Waals surface area contributed by atoms with Crippen LogP contribution < -0.4 is 10.2 Å². The second kappa shape index (κ2) is 6.89. The number of carbonyl (C=O) groups excluding carboxylic acids is 1. The van der Waals surface area contributed by atoms with Crippen LogP contribution in [0.15, 0.2) is 24.3 Å². The van der Waals surface area contributed by atoms with Gasteiger partial charge in [0.05, 0.1) is 11.3 Å². The molecule has 0 aliphatic heterocycles. The van der Waals surface area contributed by atoms with Crippen molar-refractivity contribution < 1.29 is 14.7 Å². The average molecular weight is 264 g/mol. The van der Waals surface area contributed by atoms with Crippen LogP contribution in [-0.2, 0) is 4.79 Å². The minimum absolute atomic E-state index is 0.0666. The van der Waals surface area contributed by atoms with E-state index in [4.69, 9.17) is 5.11 Å². The summed E-state index contributed by atoms with van der Waals surface area (Å²) in [6.07, 6.45) is 0.332. The summed E-state index contributed by atoms with van der Waals surface area (Å²) in [7, 11) is 1.60. The van der Waals surface area contributed by atoms with Crippen LogP contribution in [0.3, 0.4) is 0 Å². The predicted molar refractivity (Wildman–Crippen MR) is 74.6 cm³/mol. The van der Waals surface area contributed by atoms with E-state index in [1.807, 2.05) is 13.8 Å². The first-order chi connectivity index (χ1) is 8.97.